The van der Waals surface area contributed by atoms with Crippen LogP contribution in [0.5, 0.6) is 11.5 Å². The van der Waals surface area contributed by atoms with Crippen molar-refractivity contribution in [3.63, 3.8) is 0 Å². The van der Waals surface area contributed by atoms with Crippen LogP contribution in [-0.4, -0.2) is 20.3 Å². The van der Waals surface area contributed by atoms with Gasteiger partial charge < -0.3 is 20.1 Å². The number of methoxy groups -OCH3 is 2. The summed E-state index contributed by atoms with van der Waals surface area (Å²) in [6, 6.07) is 14.8. The van der Waals surface area contributed by atoms with E-state index in [9.17, 15) is 4.79 Å². The predicted molar refractivity (Wildman–Crippen MR) is 100 cm³/mol. The number of ether oxygens (including phenoxy) is 2. The average Bonchev–Trinajstić information content (AvgIpc) is 2.61. The van der Waals surface area contributed by atoms with E-state index in [2.05, 4.69) is 24.5 Å². The van der Waals surface area contributed by atoms with Crippen molar-refractivity contribution in [2.24, 2.45) is 5.92 Å². The molecule has 2 amide bonds. The number of carbonyl (C=O) groups excluding carboxylic acids is 1. The molecule has 2 rings (SSSR count). The second-order valence-electron chi connectivity index (χ2n) is 6.25. The van der Waals surface area contributed by atoms with Gasteiger partial charge in [-0.1, -0.05) is 38.1 Å². The summed E-state index contributed by atoms with van der Waals surface area (Å²) in [5.74, 6) is 1.87. The fourth-order valence-corrected chi connectivity index (χ4v) is 2.65. The predicted octanol–water partition coefficient (Wildman–Crippen LogP) is 4.61. The van der Waals surface area contributed by atoms with Gasteiger partial charge in [0.1, 0.15) is 11.5 Å². The SMILES string of the molecule is COc1ccc([C@H](CC(C)C)NC(=O)Nc2ccccc2OC)cc1. The Morgan fingerprint density at radius 3 is 2.28 bits per heavy atom. The van der Waals surface area contributed by atoms with E-state index in [0.717, 1.165) is 17.7 Å². The molecule has 134 valence electrons. The molecular weight excluding hydrogens is 316 g/mol. The number of hydrogen-bond acceptors (Lipinski definition) is 3. The summed E-state index contributed by atoms with van der Waals surface area (Å²) in [6.45, 7) is 4.27. The fourth-order valence-electron chi connectivity index (χ4n) is 2.65. The molecule has 1 atom stereocenters. The first-order chi connectivity index (χ1) is 12.0. The standard InChI is InChI=1S/C20H26N2O3/c1-14(2)13-18(15-9-11-16(24-3)12-10-15)22-20(23)21-17-7-5-6-8-19(17)25-4/h5-12,14,18H,13H2,1-4H3,(H2,21,22,23)/t18-/m0/s1. The van der Waals surface area contributed by atoms with Crippen LogP contribution < -0.4 is 20.1 Å². The largest absolute Gasteiger partial charge is 0.497 e. The third kappa shape index (κ3) is 5.41. The van der Waals surface area contributed by atoms with Crippen LogP contribution in [0.15, 0.2) is 48.5 Å². The first kappa shape index (κ1) is 18.6. The number of rotatable bonds is 7. The summed E-state index contributed by atoms with van der Waals surface area (Å²) in [4.78, 5) is 12.5. The lowest BCUT2D eigenvalue weighted by atomic mass is 9.97. The minimum Gasteiger partial charge on any atom is -0.497 e. The molecule has 0 saturated heterocycles. The molecule has 5 nitrogen and oxygen atoms in total. The molecule has 0 aliphatic rings. The van der Waals surface area contributed by atoms with Crippen LogP contribution in [-0.2, 0) is 0 Å². The number of hydrogen-bond donors (Lipinski definition) is 2. The molecule has 0 aliphatic carbocycles. The maximum atomic E-state index is 12.5. The van der Waals surface area contributed by atoms with E-state index in [4.69, 9.17) is 9.47 Å². The summed E-state index contributed by atoms with van der Waals surface area (Å²) >= 11 is 0. The summed E-state index contributed by atoms with van der Waals surface area (Å²) in [5.41, 5.74) is 1.69. The van der Waals surface area contributed by atoms with Crippen LogP contribution in [0.2, 0.25) is 0 Å². The van der Waals surface area contributed by atoms with Crippen molar-refractivity contribution in [2.75, 3.05) is 19.5 Å². The maximum Gasteiger partial charge on any atom is 0.319 e. The fraction of sp³-hybridized carbons (Fsp3) is 0.350. The quantitative estimate of drug-likeness (QED) is 0.772. The molecule has 0 aliphatic heterocycles. The summed E-state index contributed by atoms with van der Waals surface area (Å²) < 4.78 is 10.5. The zero-order chi connectivity index (χ0) is 18.2. The van der Waals surface area contributed by atoms with E-state index in [0.29, 0.717) is 17.4 Å². The Balaban J connectivity index is 2.11. The molecule has 0 heterocycles. The second-order valence-corrected chi connectivity index (χ2v) is 6.25. The zero-order valence-electron chi connectivity index (χ0n) is 15.2. The van der Waals surface area contributed by atoms with Gasteiger partial charge in [0.15, 0.2) is 0 Å². The van der Waals surface area contributed by atoms with E-state index in [1.54, 1.807) is 14.2 Å². The van der Waals surface area contributed by atoms with Gasteiger partial charge in [0.2, 0.25) is 0 Å². The van der Waals surface area contributed by atoms with Gasteiger partial charge in [0.25, 0.3) is 0 Å². The first-order valence-corrected chi connectivity index (χ1v) is 8.38. The topological polar surface area (TPSA) is 59.6 Å². The number of para-hydroxylation sites is 2. The molecule has 0 spiro atoms. The third-order valence-electron chi connectivity index (χ3n) is 3.89. The van der Waals surface area contributed by atoms with E-state index >= 15 is 0 Å². The van der Waals surface area contributed by atoms with Gasteiger partial charge in [0.05, 0.1) is 25.9 Å². The van der Waals surface area contributed by atoms with Crippen LogP contribution >= 0.6 is 0 Å². The smallest absolute Gasteiger partial charge is 0.319 e. The molecule has 2 N–H and O–H groups in total. The highest BCUT2D eigenvalue weighted by atomic mass is 16.5. The average molecular weight is 342 g/mol. The highest BCUT2D eigenvalue weighted by Gasteiger charge is 2.17. The van der Waals surface area contributed by atoms with Crippen molar-refractivity contribution >= 4 is 11.7 Å². The van der Waals surface area contributed by atoms with Crippen LogP contribution in [0, 0.1) is 5.92 Å². The Morgan fingerprint density at radius 2 is 1.68 bits per heavy atom. The van der Waals surface area contributed by atoms with Crippen molar-refractivity contribution in [1.29, 1.82) is 0 Å². The lowest BCUT2D eigenvalue weighted by Crippen LogP contribution is -2.33. The number of urea groups is 1. The zero-order valence-corrected chi connectivity index (χ0v) is 15.2. The lowest BCUT2D eigenvalue weighted by molar-refractivity contribution is 0.246. The van der Waals surface area contributed by atoms with Crippen LogP contribution in [0.1, 0.15) is 31.9 Å². The number of benzene rings is 2. The van der Waals surface area contributed by atoms with E-state index in [-0.39, 0.29) is 12.1 Å². The third-order valence-corrected chi connectivity index (χ3v) is 3.89. The molecule has 2 aromatic carbocycles. The Kier molecular flexibility index (Phi) is 6.69. The number of amides is 2. The molecule has 0 bridgehead atoms. The van der Waals surface area contributed by atoms with Gasteiger partial charge in [-0.3, -0.25) is 0 Å². The van der Waals surface area contributed by atoms with Gasteiger partial charge in [-0.25, -0.2) is 4.79 Å². The van der Waals surface area contributed by atoms with Crippen molar-refractivity contribution in [2.45, 2.75) is 26.3 Å². The van der Waals surface area contributed by atoms with Crippen LogP contribution in [0.3, 0.4) is 0 Å². The van der Waals surface area contributed by atoms with Gasteiger partial charge in [-0.15, -0.1) is 0 Å². The number of nitrogens with one attached hydrogen (secondary N) is 2. The summed E-state index contributed by atoms with van der Waals surface area (Å²) in [5, 5.41) is 5.91. The van der Waals surface area contributed by atoms with E-state index in [1.165, 1.54) is 0 Å². The van der Waals surface area contributed by atoms with Crippen LogP contribution in [0.25, 0.3) is 0 Å². The van der Waals surface area contributed by atoms with Gasteiger partial charge in [-0.2, -0.15) is 0 Å². The summed E-state index contributed by atoms with van der Waals surface area (Å²) in [7, 11) is 3.22. The molecule has 0 radical (unpaired) electrons. The minimum atomic E-state index is -0.258. The number of anilines is 1. The molecule has 0 aromatic heterocycles. The van der Waals surface area contributed by atoms with Gasteiger partial charge >= 0.3 is 6.03 Å². The molecular formula is C20H26N2O3. The lowest BCUT2D eigenvalue weighted by Gasteiger charge is -2.22. The monoisotopic (exact) mass is 342 g/mol. The Labute approximate surface area is 149 Å². The number of carbonyl (C=O) groups is 1. The van der Waals surface area contributed by atoms with Crippen molar-refractivity contribution < 1.29 is 14.3 Å². The van der Waals surface area contributed by atoms with E-state index in [1.807, 2.05) is 48.5 Å². The molecule has 2 aromatic rings. The van der Waals surface area contributed by atoms with Crippen molar-refractivity contribution in [1.82, 2.24) is 5.32 Å². The van der Waals surface area contributed by atoms with Crippen molar-refractivity contribution in [3.8, 4) is 11.5 Å². The van der Waals surface area contributed by atoms with E-state index < -0.39 is 0 Å². The van der Waals surface area contributed by atoms with Crippen molar-refractivity contribution in [3.05, 3.63) is 54.1 Å². The Hall–Kier alpha value is -2.69. The van der Waals surface area contributed by atoms with Gasteiger partial charge in [-0.05, 0) is 42.2 Å². The maximum absolute atomic E-state index is 12.5. The normalized spacial score (nSPS) is 11.7. The Morgan fingerprint density at radius 1 is 1.00 bits per heavy atom. The molecule has 0 saturated carbocycles. The highest BCUT2D eigenvalue weighted by Crippen LogP contribution is 2.25. The minimum absolute atomic E-state index is 0.0828. The molecule has 25 heavy (non-hydrogen) atoms. The second kappa shape index (κ2) is 8.97. The Bertz CT molecular complexity index is 684. The molecule has 0 fully saturated rings. The highest BCUT2D eigenvalue weighted by molar-refractivity contribution is 5.91. The summed E-state index contributed by atoms with van der Waals surface area (Å²) in [6.07, 6.45) is 0.839. The first-order valence-electron chi connectivity index (χ1n) is 8.38. The van der Waals surface area contributed by atoms with Crippen LogP contribution in [0.4, 0.5) is 10.5 Å². The van der Waals surface area contributed by atoms with Gasteiger partial charge in [0, 0.05) is 0 Å². The molecule has 5 heteroatoms. The molecule has 0 unspecified atom stereocenters.